The Hall–Kier alpha value is -1.55. The van der Waals surface area contributed by atoms with Crippen molar-refractivity contribution in [2.24, 2.45) is 0 Å². The van der Waals surface area contributed by atoms with Crippen LogP contribution < -0.4 is 10.1 Å². The molecule has 1 unspecified atom stereocenters. The maximum Gasteiger partial charge on any atom is 0.253 e. The quantitative estimate of drug-likeness (QED) is 0.862. The fraction of sp³-hybridized carbons (Fsp3) is 0.500. The molecule has 4 nitrogen and oxygen atoms in total. The van der Waals surface area contributed by atoms with Gasteiger partial charge in [0.2, 0.25) is 0 Å². The second-order valence-electron chi connectivity index (χ2n) is 4.66. The third-order valence-electron chi connectivity index (χ3n) is 3.33. The molecular formula is C14H20N2O2. The van der Waals surface area contributed by atoms with E-state index < -0.39 is 0 Å². The topological polar surface area (TPSA) is 41.6 Å². The number of methoxy groups -OCH3 is 1. The van der Waals surface area contributed by atoms with Crippen LogP contribution in [0.1, 0.15) is 23.7 Å². The molecular weight excluding hydrogens is 228 g/mol. The molecule has 1 N–H and O–H groups in total. The maximum atomic E-state index is 12.3. The molecule has 98 valence electrons. The first-order chi connectivity index (χ1) is 8.70. The number of nitrogens with zero attached hydrogens (tertiary/aromatic N) is 1. The van der Waals surface area contributed by atoms with E-state index >= 15 is 0 Å². The number of carbonyl (C=O) groups excluding carboxylic acids is 1. The Kier molecular flexibility index (Phi) is 4.20. The van der Waals surface area contributed by atoms with Gasteiger partial charge in [-0.05, 0) is 37.6 Å². The molecule has 0 radical (unpaired) electrons. The molecule has 2 rings (SSSR count). The summed E-state index contributed by atoms with van der Waals surface area (Å²) in [5, 5.41) is 3.39. The highest BCUT2D eigenvalue weighted by molar-refractivity contribution is 5.94. The molecule has 1 saturated heterocycles. The van der Waals surface area contributed by atoms with Crippen LogP contribution in [0.15, 0.2) is 24.3 Å². The van der Waals surface area contributed by atoms with E-state index in [9.17, 15) is 4.79 Å². The van der Waals surface area contributed by atoms with E-state index in [1.54, 1.807) is 7.11 Å². The molecule has 1 heterocycles. The minimum atomic E-state index is 0.105. The zero-order valence-corrected chi connectivity index (χ0v) is 11.0. The Balaban J connectivity index is 2.05. The van der Waals surface area contributed by atoms with Crippen LogP contribution in [0.5, 0.6) is 5.75 Å². The summed E-state index contributed by atoms with van der Waals surface area (Å²) in [7, 11) is 1.62. The van der Waals surface area contributed by atoms with Crippen LogP contribution in [0, 0.1) is 0 Å². The van der Waals surface area contributed by atoms with Crippen LogP contribution in [0.2, 0.25) is 0 Å². The normalized spacial score (nSPS) is 20.3. The molecule has 1 aromatic carbocycles. The molecule has 0 aromatic heterocycles. The van der Waals surface area contributed by atoms with Gasteiger partial charge in [0.05, 0.1) is 7.11 Å². The molecule has 1 amide bonds. The van der Waals surface area contributed by atoms with Crippen LogP contribution in [0.3, 0.4) is 0 Å². The smallest absolute Gasteiger partial charge is 0.253 e. The SMILES string of the molecule is COc1ccc(C(=O)N2CCNC(C)CC2)cc1. The minimum absolute atomic E-state index is 0.105. The Morgan fingerprint density at radius 2 is 2.06 bits per heavy atom. The van der Waals surface area contributed by atoms with Gasteiger partial charge in [0, 0.05) is 31.2 Å². The van der Waals surface area contributed by atoms with Crippen LogP contribution in [0.4, 0.5) is 0 Å². The third kappa shape index (κ3) is 3.01. The van der Waals surface area contributed by atoms with Crippen LogP contribution in [-0.4, -0.2) is 43.6 Å². The number of nitrogens with one attached hydrogen (secondary N) is 1. The van der Waals surface area contributed by atoms with Gasteiger partial charge in [-0.15, -0.1) is 0 Å². The van der Waals surface area contributed by atoms with Gasteiger partial charge < -0.3 is 15.0 Å². The summed E-state index contributed by atoms with van der Waals surface area (Å²) >= 11 is 0. The third-order valence-corrected chi connectivity index (χ3v) is 3.33. The lowest BCUT2D eigenvalue weighted by Crippen LogP contribution is -2.34. The van der Waals surface area contributed by atoms with Gasteiger partial charge in [-0.3, -0.25) is 4.79 Å². The Labute approximate surface area is 108 Å². The van der Waals surface area contributed by atoms with E-state index in [2.05, 4.69) is 12.2 Å². The Morgan fingerprint density at radius 3 is 2.72 bits per heavy atom. The standard InChI is InChI=1S/C14H20N2O2/c1-11-7-9-16(10-8-15-11)14(17)12-3-5-13(18-2)6-4-12/h3-6,11,15H,7-10H2,1-2H3. The second kappa shape index (κ2) is 5.87. The summed E-state index contributed by atoms with van der Waals surface area (Å²) in [5.41, 5.74) is 0.727. The lowest BCUT2D eigenvalue weighted by molar-refractivity contribution is 0.0765. The van der Waals surface area contributed by atoms with Crippen molar-refractivity contribution in [3.05, 3.63) is 29.8 Å². The highest BCUT2D eigenvalue weighted by Gasteiger charge is 2.19. The molecule has 4 heteroatoms. The fourth-order valence-electron chi connectivity index (χ4n) is 2.13. The van der Waals surface area contributed by atoms with E-state index in [4.69, 9.17) is 4.74 Å². The summed E-state index contributed by atoms with van der Waals surface area (Å²) in [6, 6.07) is 7.78. The first-order valence-electron chi connectivity index (χ1n) is 6.37. The van der Waals surface area contributed by atoms with Crippen molar-refractivity contribution in [2.75, 3.05) is 26.7 Å². The largest absolute Gasteiger partial charge is 0.497 e. The average molecular weight is 248 g/mol. The Morgan fingerprint density at radius 1 is 1.33 bits per heavy atom. The van der Waals surface area contributed by atoms with Gasteiger partial charge in [0.1, 0.15) is 5.75 Å². The number of amides is 1. The molecule has 1 fully saturated rings. The maximum absolute atomic E-state index is 12.3. The van der Waals surface area contributed by atoms with Crippen LogP contribution in [0.25, 0.3) is 0 Å². The molecule has 0 spiro atoms. The molecule has 1 aromatic rings. The number of hydrogen-bond donors (Lipinski definition) is 1. The number of carbonyl (C=O) groups is 1. The van der Waals surface area contributed by atoms with Crippen LogP contribution >= 0.6 is 0 Å². The lowest BCUT2D eigenvalue weighted by atomic mass is 10.1. The van der Waals surface area contributed by atoms with Gasteiger partial charge in [-0.2, -0.15) is 0 Å². The van der Waals surface area contributed by atoms with Gasteiger partial charge in [-0.25, -0.2) is 0 Å². The van der Waals surface area contributed by atoms with Gasteiger partial charge in [0.15, 0.2) is 0 Å². The van der Waals surface area contributed by atoms with Gasteiger partial charge in [-0.1, -0.05) is 0 Å². The predicted molar refractivity (Wildman–Crippen MR) is 71.0 cm³/mol. The van der Waals surface area contributed by atoms with Gasteiger partial charge >= 0.3 is 0 Å². The predicted octanol–water partition coefficient (Wildman–Crippen LogP) is 1.52. The molecule has 18 heavy (non-hydrogen) atoms. The van der Waals surface area contributed by atoms with E-state index in [-0.39, 0.29) is 5.91 Å². The first-order valence-corrected chi connectivity index (χ1v) is 6.37. The summed E-state index contributed by atoms with van der Waals surface area (Å²) in [4.78, 5) is 14.2. The summed E-state index contributed by atoms with van der Waals surface area (Å²) in [5.74, 6) is 0.881. The van der Waals surface area contributed by atoms with Crippen molar-refractivity contribution in [3.63, 3.8) is 0 Å². The second-order valence-corrected chi connectivity index (χ2v) is 4.66. The molecule has 0 bridgehead atoms. The molecule has 1 aliphatic rings. The monoisotopic (exact) mass is 248 g/mol. The zero-order chi connectivity index (χ0) is 13.0. The average Bonchev–Trinajstić information content (AvgIpc) is 2.63. The number of rotatable bonds is 2. The van der Waals surface area contributed by atoms with E-state index in [0.29, 0.717) is 6.04 Å². The van der Waals surface area contributed by atoms with E-state index in [0.717, 1.165) is 37.4 Å². The molecule has 1 aliphatic heterocycles. The summed E-state index contributed by atoms with van der Waals surface area (Å²) < 4.78 is 5.09. The highest BCUT2D eigenvalue weighted by atomic mass is 16.5. The van der Waals surface area contributed by atoms with Crippen molar-refractivity contribution >= 4 is 5.91 Å². The molecule has 0 aliphatic carbocycles. The van der Waals surface area contributed by atoms with Crippen LogP contribution in [-0.2, 0) is 0 Å². The summed E-state index contributed by atoms with van der Waals surface area (Å²) in [6.45, 7) is 4.61. The van der Waals surface area contributed by atoms with Crippen molar-refractivity contribution in [3.8, 4) is 5.75 Å². The lowest BCUT2D eigenvalue weighted by Gasteiger charge is -2.20. The molecule has 0 saturated carbocycles. The number of ether oxygens (including phenoxy) is 1. The van der Waals surface area contributed by atoms with E-state index in [1.165, 1.54) is 0 Å². The minimum Gasteiger partial charge on any atom is -0.497 e. The fourth-order valence-corrected chi connectivity index (χ4v) is 2.13. The van der Waals surface area contributed by atoms with E-state index in [1.807, 2.05) is 29.2 Å². The van der Waals surface area contributed by atoms with Crippen molar-refractivity contribution < 1.29 is 9.53 Å². The highest BCUT2D eigenvalue weighted by Crippen LogP contribution is 2.14. The zero-order valence-electron chi connectivity index (χ0n) is 11.0. The Bertz CT molecular complexity index is 403. The van der Waals surface area contributed by atoms with Crippen molar-refractivity contribution in [2.45, 2.75) is 19.4 Å². The summed E-state index contributed by atoms with van der Waals surface area (Å²) in [6.07, 6.45) is 1.00. The molecule has 1 atom stereocenters. The van der Waals surface area contributed by atoms with Crippen molar-refractivity contribution in [1.82, 2.24) is 10.2 Å². The van der Waals surface area contributed by atoms with Crippen molar-refractivity contribution in [1.29, 1.82) is 0 Å². The number of hydrogen-bond acceptors (Lipinski definition) is 3. The first kappa shape index (κ1) is 12.9. The van der Waals surface area contributed by atoms with Gasteiger partial charge in [0.25, 0.3) is 5.91 Å². The number of benzene rings is 1.